The average molecular weight is 166 g/mol. The number of nitrogens with one attached hydrogen (secondary N) is 1. The summed E-state index contributed by atoms with van der Waals surface area (Å²) in [6.45, 7) is 7.55. The van der Waals surface area contributed by atoms with Crippen LogP contribution in [0.2, 0.25) is 0 Å². The number of hydrogen-bond acceptors (Lipinski definition) is 1. The molecule has 0 aromatic rings. The van der Waals surface area contributed by atoms with Crippen molar-refractivity contribution >= 4 is 16.1 Å². The van der Waals surface area contributed by atoms with Crippen molar-refractivity contribution in [3.8, 4) is 0 Å². The van der Waals surface area contributed by atoms with Crippen LogP contribution in [0.4, 0.5) is 0 Å². The Labute approximate surface area is 53.8 Å². The molecule has 0 amide bonds. The zero-order chi connectivity index (χ0) is 5.91. The molecule has 0 heterocycles. The minimum atomic E-state index is 0.392. The largest absolute Gasteiger partial charge is 0.255 e. The van der Waals surface area contributed by atoms with Gasteiger partial charge in [-0.1, -0.05) is 20.8 Å². The highest BCUT2D eigenvalue weighted by Gasteiger charge is 2.06. The molecule has 0 aromatic heterocycles. The van der Waals surface area contributed by atoms with E-state index in [1.54, 1.807) is 0 Å². The average Bonchev–Trinajstić information content (AvgIpc) is 1.30. The summed E-state index contributed by atoms with van der Waals surface area (Å²) in [7, 11) is 0. The lowest BCUT2D eigenvalue weighted by Crippen LogP contribution is -2.19. The Morgan fingerprint density at radius 2 is 1.86 bits per heavy atom. The molecule has 0 unspecified atom stereocenters. The van der Waals surface area contributed by atoms with E-state index < -0.39 is 0 Å². The third-order valence-corrected chi connectivity index (χ3v) is 0.878. The summed E-state index contributed by atoms with van der Waals surface area (Å²) in [6.07, 6.45) is 0. The van der Waals surface area contributed by atoms with Crippen molar-refractivity contribution in [1.82, 2.24) is 4.34 Å². The van der Waals surface area contributed by atoms with E-state index >= 15 is 0 Å². The summed E-state index contributed by atoms with van der Waals surface area (Å²) < 4.78 is 2.92. The summed E-state index contributed by atoms with van der Waals surface area (Å²) >= 11 is 3.14. The third-order valence-electron chi connectivity index (χ3n) is 0.597. The summed E-state index contributed by atoms with van der Waals surface area (Å²) in [5, 5.41) is 0. The first-order valence-corrected chi connectivity index (χ1v) is 3.19. The summed E-state index contributed by atoms with van der Waals surface area (Å²) in [6, 6.07) is 0. The lowest BCUT2D eigenvalue weighted by molar-refractivity contribution is 0.418. The number of rotatable bonds is 1. The van der Waals surface area contributed by atoms with Crippen LogP contribution in [0.5, 0.6) is 0 Å². The van der Waals surface area contributed by atoms with E-state index in [1.165, 1.54) is 0 Å². The molecule has 1 nitrogen and oxygen atoms in total. The third kappa shape index (κ3) is 6.44. The van der Waals surface area contributed by atoms with Crippen LogP contribution in [0.15, 0.2) is 0 Å². The van der Waals surface area contributed by atoms with Crippen LogP contribution in [0.25, 0.3) is 0 Å². The van der Waals surface area contributed by atoms with Gasteiger partial charge >= 0.3 is 0 Å². The topological polar surface area (TPSA) is 12.0 Å². The highest BCUT2D eigenvalue weighted by atomic mass is 79.9. The maximum Gasteiger partial charge on any atom is 0.0110 e. The molecule has 1 N–H and O–H groups in total. The van der Waals surface area contributed by atoms with E-state index in [0.29, 0.717) is 5.41 Å². The molecule has 0 saturated carbocycles. The Kier molecular flexibility index (Phi) is 2.84. The lowest BCUT2D eigenvalue weighted by Gasteiger charge is -2.15. The maximum atomic E-state index is 3.14. The second kappa shape index (κ2) is 2.68. The van der Waals surface area contributed by atoms with Gasteiger partial charge in [-0.15, -0.1) is 0 Å². The Balaban J connectivity index is 3.15. The van der Waals surface area contributed by atoms with Crippen molar-refractivity contribution < 1.29 is 0 Å². The molecule has 0 aliphatic carbocycles. The fourth-order valence-electron chi connectivity index (χ4n) is 0.200. The Morgan fingerprint density at radius 3 is 1.86 bits per heavy atom. The van der Waals surface area contributed by atoms with Gasteiger partial charge in [-0.25, -0.2) is 0 Å². The van der Waals surface area contributed by atoms with E-state index in [1.807, 2.05) is 0 Å². The van der Waals surface area contributed by atoms with Crippen LogP contribution in [0.3, 0.4) is 0 Å². The molecule has 0 spiro atoms. The minimum absolute atomic E-state index is 0.392. The molecule has 7 heavy (non-hydrogen) atoms. The quantitative estimate of drug-likeness (QED) is 0.587. The highest BCUT2D eigenvalue weighted by molar-refractivity contribution is 9.08. The van der Waals surface area contributed by atoms with Crippen LogP contribution in [-0.2, 0) is 0 Å². The smallest absolute Gasteiger partial charge is 0.0110 e. The van der Waals surface area contributed by atoms with Crippen molar-refractivity contribution in [1.29, 1.82) is 0 Å². The Bertz CT molecular complexity index is 46.5. The monoisotopic (exact) mass is 165 g/mol. The predicted octanol–water partition coefficient (Wildman–Crippen LogP) is 1.93. The van der Waals surface area contributed by atoms with Gasteiger partial charge in [-0.2, -0.15) is 0 Å². The molecule has 44 valence electrons. The standard InChI is InChI=1S/C5H12BrN/c1-5(2,3)4-7-6/h7H,4H2,1-3H3. The maximum absolute atomic E-state index is 3.14. The highest BCUT2D eigenvalue weighted by Crippen LogP contribution is 2.10. The summed E-state index contributed by atoms with van der Waals surface area (Å²) in [5.41, 5.74) is 0.392. The van der Waals surface area contributed by atoms with Gasteiger partial charge in [0.05, 0.1) is 0 Å². The van der Waals surface area contributed by atoms with E-state index in [4.69, 9.17) is 0 Å². The molecular formula is C5H12BrN. The van der Waals surface area contributed by atoms with Gasteiger partial charge in [0.25, 0.3) is 0 Å². The van der Waals surface area contributed by atoms with Gasteiger partial charge in [0.15, 0.2) is 0 Å². The normalized spacial score (nSPS) is 12.0. The van der Waals surface area contributed by atoms with Crippen molar-refractivity contribution in [2.45, 2.75) is 20.8 Å². The molecule has 2 heteroatoms. The van der Waals surface area contributed by atoms with Crippen LogP contribution in [0, 0.1) is 5.41 Å². The van der Waals surface area contributed by atoms with E-state index in [2.05, 4.69) is 41.3 Å². The Hall–Kier alpha value is 0.440. The molecule has 0 fully saturated rings. The minimum Gasteiger partial charge on any atom is -0.255 e. The fourth-order valence-corrected chi connectivity index (χ4v) is 1.04. The van der Waals surface area contributed by atoms with E-state index in [9.17, 15) is 0 Å². The first kappa shape index (κ1) is 7.44. The second-order valence-electron chi connectivity index (χ2n) is 2.87. The number of halogens is 1. The molecular weight excluding hydrogens is 154 g/mol. The van der Waals surface area contributed by atoms with Crippen molar-refractivity contribution in [2.75, 3.05) is 6.54 Å². The van der Waals surface area contributed by atoms with Crippen molar-refractivity contribution in [3.05, 3.63) is 0 Å². The van der Waals surface area contributed by atoms with Crippen LogP contribution in [-0.4, -0.2) is 6.54 Å². The van der Waals surface area contributed by atoms with Crippen LogP contribution < -0.4 is 4.34 Å². The van der Waals surface area contributed by atoms with Gasteiger partial charge in [-0.05, 0) is 5.41 Å². The van der Waals surface area contributed by atoms with Gasteiger partial charge in [0.2, 0.25) is 0 Å². The zero-order valence-corrected chi connectivity index (χ0v) is 6.67. The molecule has 0 atom stereocenters. The molecule has 0 rings (SSSR count). The first-order chi connectivity index (χ1) is 3.06. The lowest BCUT2D eigenvalue weighted by atomic mass is 9.98. The summed E-state index contributed by atoms with van der Waals surface area (Å²) in [5.74, 6) is 0. The molecule has 0 bridgehead atoms. The Morgan fingerprint density at radius 1 is 1.43 bits per heavy atom. The molecule has 0 radical (unpaired) electrons. The van der Waals surface area contributed by atoms with Crippen LogP contribution in [0.1, 0.15) is 20.8 Å². The molecule has 0 aliphatic heterocycles. The van der Waals surface area contributed by atoms with Gasteiger partial charge in [0, 0.05) is 22.7 Å². The van der Waals surface area contributed by atoms with Crippen molar-refractivity contribution in [3.63, 3.8) is 0 Å². The van der Waals surface area contributed by atoms with Crippen molar-refractivity contribution in [2.24, 2.45) is 5.41 Å². The van der Waals surface area contributed by atoms with Gasteiger partial charge in [-0.3, -0.25) is 4.34 Å². The van der Waals surface area contributed by atoms with Gasteiger partial charge < -0.3 is 0 Å². The first-order valence-electron chi connectivity index (χ1n) is 2.40. The summed E-state index contributed by atoms with van der Waals surface area (Å²) in [4.78, 5) is 0. The molecule has 0 aromatic carbocycles. The molecule has 0 aliphatic rings. The fraction of sp³-hybridized carbons (Fsp3) is 1.00. The van der Waals surface area contributed by atoms with E-state index in [-0.39, 0.29) is 0 Å². The van der Waals surface area contributed by atoms with E-state index in [0.717, 1.165) is 6.54 Å². The predicted molar refractivity (Wildman–Crippen MR) is 36.4 cm³/mol. The number of hydrogen-bond donors (Lipinski definition) is 1. The van der Waals surface area contributed by atoms with Gasteiger partial charge in [0.1, 0.15) is 0 Å². The second-order valence-corrected chi connectivity index (χ2v) is 3.43. The SMILES string of the molecule is CC(C)(C)CNBr. The zero-order valence-electron chi connectivity index (χ0n) is 5.09. The molecule has 0 saturated heterocycles. The van der Waals surface area contributed by atoms with Crippen LogP contribution >= 0.6 is 16.1 Å².